The minimum Gasteiger partial charge on any atom is -0.371 e. The maximum Gasteiger partial charge on any atom is 0.0596 e. The molecule has 2 heterocycles. The van der Waals surface area contributed by atoms with Crippen LogP contribution < -0.4 is 5.32 Å². The standard InChI is InChI=1S/C11H20N2/c1-9(2)13-8-6-11(10(13)3)5-4-7-12-11/h9,12H,3-8H2,1-2H3. The molecule has 2 rings (SSSR count). The topological polar surface area (TPSA) is 15.3 Å². The van der Waals surface area contributed by atoms with Gasteiger partial charge in [-0.3, -0.25) is 0 Å². The number of hydrogen-bond acceptors (Lipinski definition) is 2. The van der Waals surface area contributed by atoms with Crippen molar-refractivity contribution >= 4 is 0 Å². The van der Waals surface area contributed by atoms with E-state index in [-0.39, 0.29) is 5.54 Å². The van der Waals surface area contributed by atoms with Crippen LogP contribution in [0.15, 0.2) is 12.3 Å². The van der Waals surface area contributed by atoms with E-state index in [0.29, 0.717) is 6.04 Å². The first kappa shape index (κ1) is 9.07. The van der Waals surface area contributed by atoms with Crippen molar-refractivity contribution in [2.45, 2.75) is 44.7 Å². The summed E-state index contributed by atoms with van der Waals surface area (Å²) in [6.45, 7) is 11.1. The van der Waals surface area contributed by atoms with E-state index >= 15 is 0 Å². The molecule has 2 fully saturated rings. The lowest BCUT2D eigenvalue weighted by Crippen LogP contribution is -2.41. The van der Waals surface area contributed by atoms with Crippen molar-refractivity contribution in [1.82, 2.24) is 10.2 Å². The summed E-state index contributed by atoms with van der Waals surface area (Å²) in [5.74, 6) is 0. The highest BCUT2D eigenvalue weighted by molar-refractivity contribution is 5.23. The van der Waals surface area contributed by atoms with Gasteiger partial charge in [0, 0.05) is 18.3 Å². The SMILES string of the molecule is C=C1N(C(C)C)CCC12CCCN2. The molecule has 2 saturated heterocycles. The zero-order chi connectivity index (χ0) is 9.47. The van der Waals surface area contributed by atoms with Gasteiger partial charge in [-0.1, -0.05) is 6.58 Å². The Morgan fingerprint density at radius 1 is 1.46 bits per heavy atom. The van der Waals surface area contributed by atoms with E-state index in [4.69, 9.17) is 0 Å². The molecular weight excluding hydrogens is 160 g/mol. The van der Waals surface area contributed by atoms with E-state index in [1.54, 1.807) is 0 Å². The fourth-order valence-corrected chi connectivity index (χ4v) is 2.70. The molecule has 13 heavy (non-hydrogen) atoms. The fourth-order valence-electron chi connectivity index (χ4n) is 2.70. The predicted octanol–water partition coefficient (Wildman–Crippen LogP) is 1.74. The third kappa shape index (κ3) is 1.28. The van der Waals surface area contributed by atoms with Crippen molar-refractivity contribution in [3.8, 4) is 0 Å². The van der Waals surface area contributed by atoms with E-state index < -0.39 is 0 Å². The van der Waals surface area contributed by atoms with Gasteiger partial charge in [-0.05, 0) is 39.7 Å². The van der Waals surface area contributed by atoms with Gasteiger partial charge in [-0.25, -0.2) is 0 Å². The molecule has 1 spiro atoms. The van der Waals surface area contributed by atoms with Crippen molar-refractivity contribution in [3.63, 3.8) is 0 Å². The smallest absolute Gasteiger partial charge is 0.0596 e. The largest absolute Gasteiger partial charge is 0.371 e. The Labute approximate surface area is 81.0 Å². The summed E-state index contributed by atoms with van der Waals surface area (Å²) < 4.78 is 0. The van der Waals surface area contributed by atoms with E-state index in [1.807, 2.05) is 0 Å². The van der Waals surface area contributed by atoms with Crippen LogP contribution in [0.5, 0.6) is 0 Å². The molecule has 0 aromatic heterocycles. The van der Waals surface area contributed by atoms with Gasteiger partial charge in [0.15, 0.2) is 0 Å². The number of likely N-dealkylation sites (tertiary alicyclic amines) is 1. The Hall–Kier alpha value is -0.500. The van der Waals surface area contributed by atoms with E-state index in [2.05, 4.69) is 30.6 Å². The monoisotopic (exact) mass is 180 g/mol. The highest BCUT2D eigenvalue weighted by Crippen LogP contribution is 2.38. The molecule has 0 amide bonds. The van der Waals surface area contributed by atoms with E-state index in [9.17, 15) is 0 Å². The molecule has 2 nitrogen and oxygen atoms in total. The highest BCUT2D eigenvalue weighted by Gasteiger charge is 2.43. The van der Waals surface area contributed by atoms with Gasteiger partial charge in [0.2, 0.25) is 0 Å². The van der Waals surface area contributed by atoms with E-state index in [1.165, 1.54) is 38.0 Å². The molecule has 0 bridgehead atoms. The van der Waals surface area contributed by atoms with Gasteiger partial charge in [0.05, 0.1) is 5.54 Å². The Kier molecular flexibility index (Phi) is 2.11. The molecule has 0 saturated carbocycles. The van der Waals surface area contributed by atoms with Crippen LogP contribution in [-0.4, -0.2) is 29.6 Å². The molecule has 0 aromatic carbocycles. The number of nitrogens with one attached hydrogen (secondary N) is 1. The third-order valence-electron chi connectivity index (χ3n) is 3.55. The summed E-state index contributed by atoms with van der Waals surface area (Å²) >= 11 is 0. The molecule has 2 aliphatic heterocycles. The Bertz CT molecular complexity index is 214. The van der Waals surface area contributed by atoms with Crippen LogP contribution >= 0.6 is 0 Å². The molecule has 0 aliphatic carbocycles. The molecule has 74 valence electrons. The quantitative estimate of drug-likeness (QED) is 0.661. The average molecular weight is 180 g/mol. The van der Waals surface area contributed by atoms with Crippen molar-refractivity contribution in [2.75, 3.05) is 13.1 Å². The van der Waals surface area contributed by atoms with Gasteiger partial charge in [0.25, 0.3) is 0 Å². The van der Waals surface area contributed by atoms with Gasteiger partial charge in [-0.2, -0.15) is 0 Å². The second-order valence-corrected chi connectivity index (χ2v) is 4.60. The van der Waals surface area contributed by atoms with Gasteiger partial charge < -0.3 is 10.2 Å². The Morgan fingerprint density at radius 2 is 2.23 bits per heavy atom. The minimum absolute atomic E-state index is 0.282. The zero-order valence-corrected chi connectivity index (χ0v) is 8.77. The molecule has 0 aromatic rings. The minimum atomic E-state index is 0.282. The number of hydrogen-bond donors (Lipinski definition) is 1. The lowest BCUT2D eigenvalue weighted by molar-refractivity contribution is 0.315. The van der Waals surface area contributed by atoms with Crippen LogP contribution in [0.4, 0.5) is 0 Å². The summed E-state index contributed by atoms with van der Waals surface area (Å²) in [4.78, 5) is 2.44. The molecule has 1 atom stereocenters. The predicted molar refractivity (Wildman–Crippen MR) is 55.6 cm³/mol. The first-order valence-electron chi connectivity index (χ1n) is 5.37. The van der Waals surface area contributed by atoms with Crippen molar-refractivity contribution in [3.05, 3.63) is 12.3 Å². The number of nitrogens with zero attached hydrogens (tertiary/aromatic N) is 1. The molecule has 1 unspecified atom stereocenters. The third-order valence-corrected chi connectivity index (χ3v) is 3.55. The van der Waals surface area contributed by atoms with Gasteiger partial charge >= 0.3 is 0 Å². The maximum absolute atomic E-state index is 4.26. The summed E-state index contributed by atoms with van der Waals surface area (Å²) in [5.41, 5.74) is 1.62. The van der Waals surface area contributed by atoms with Crippen molar-refractivity contribution < 1.29 is 0 Å². The lowest BCUT2D eigenvalue weighted by atomic mass is 9.94. The Morgan fingerprint density at radius 3 is 2.69 bits per heavy atom. The van der Waals surface area contributed by atoms with Crippen LogP contribution in [0, 0.1) is 0 Å². The molecule has 0 radical (unpaired) electrons. The van der Waals surface area contributed by atoms with Crippen LogP contribution in [0.1, 0.15) is 33.1 Å². The normalized spacial score (nSPS) is 34.1. The molecule has 2 aliphatic rings. The Balaban J connectivity index is 2.14. The highest BCUT2D eigenvalue weighted by atomic mass is 15.2. The maximum atomic E-state index is 4.26. The summed E-state index contributed by atoms with van der Waals surface area (Å²) in [6.07, 6.45) is 3.85. The second-order valence-electron chi connectivity index (χ2n) is 4.60. The van der Waals surface area contributed by atoms with Crippen LogP contribution in [0.3, 0.4) is 0 Å². The summed E-state index contributed by atoms with van der Waals surface area (Å²) in [6, 6.07) is 0.606. The zero-order valence-electron chi connectivity index (χ0n) is 8.77. The van der Waals surface area contributed by atoms with Crippen LogP contribution in [0.25, 0.3) is 0 Å². The van der Waals surface area contributed by atoms with Crippen molar-refractivity contribution in [2.24, 2.45) is 0 Å². The molecule has 2 heteroatoms. The average Bonchev–Trinajstić information content (AvgIpc) is 2.64. The first-order chi connectivity index (χ1) is 6.16. The van der Waals surface area contributed by atoms with E-state index in [0.717, 1.165) is 0 Å². The summed E-state index contributed by atoms with van der Waals surface area (Å²) in [5, 5.41) is 3.63. The van der Waals surface area contributed by atoms with Gasteiger partial charge in [-0.15, -0.1) is 0 Å². The second kappa shape index (κ2) is 3.02. The summed E-state index contributed by atoms with van der Waals surface area (Å²) in [7, 11) is 0. The lowest BCUT2D eigenvalue weighted by Gasteiger charge is -2.30. The first-order valence-corrected chi connectivity index (χ1v) is 5.37. The number of rotatable bonds is 1. The van der Waals surface area contributed by atoms with Crippen molar-refractivity contribution in [1.29, 1.82) is 0 Å². The van der Waals surface area contributed by atoms with Gasteiger partial charge in [0.1, 0.15) is 0 Å². The van der Waals surface area contributed by atoms with Crippen LogP contribution in [-0.2, 0) is 0 Å². The molecular formula is C11H20N2. The van der Waals surface area contributed by atoms with Crippen LogP contribution in [0.2, 0.25) is 0 Å². The fraction of sp³-hybridized carbons (Fsp3) is 0.818. The molecule has 1 N–H and O–H groups in total.